The average molecular weight is 363 g/mol. The average Bonchev–Trinajstić information content (AvgIpc) is 3.13. The fourth-order valence-corrected chi connectivity index (χ4v) is 2.70. The number of carbonyl (C=O) groups is 2. The lowest BCUT2D eigenvalue weighted by Crippen LogP contribution is -2.39. The molecule has 0 saturated heterocycles. The van der Waals surface area contributed by atoms with Gasteiger partial charge in [-0.3, -0.25) is 24.6 Å². The van der Waals surface area contributed by atoms with Gasteiger partial charge in [0.25, 0.3) is 17.5 Å². The van der Waals surface area contributed by atoms with Crippen LogP contribution in [0, 0.1) is 21.4 Å². The highest BCUT2D eigenvalue weighted by Crippen LogP contribution is 2.29. The fourth-order valence-electron chi connectivity index (χ4n) is 2.70. The Morgan fingerprint density at radius 2 is 1.96 bits per heavy atom. The summed E-state index contributed by atoms with van der Waals surface area (Å²) in [6.45, 7) is 1.53. The van der Waals surface area contributed by atoms with Crippen LogP contribution in [0.4, 0.5) is 5.69 Å². The zero-order valence-corrected chi connectivity index (χ0v) is 14.4. The van der Waals surface area contributed by atoms with Gasteiger partial charge in [0.2, 0.25) is 0 Å². The number of hydrogen-bond acceptors (Lipinski definition) is 6. The van der Waals surface area contributed by atoms with Crippen LogP contribution in [0.15, 0.2) is 57.5 Å². The lowest BCUT2D eigenvalue weighted by Gasteiger charge is -2.23. The largest absolute Gasteiger partial charge is 0.457 e. The summed E-state index contributed by atoms with van der Waals surface area (Å²) >= 11 is 0. The number of nitrogens with zero attached hydrogens (tertiary/aromatic N) is 3. The van der Waals surface area contributed by atoms with E-state index in [0.717, 1.165) is 4.90 Å². The van der Waals surface area contributed by atoms with Crippen LogP contribution in [0.25, 0.3) is 17.4 Å². The predicted octanol–water partition coefficient (Wildman–Crippen LogP) is 3.08. The molecule has 3 rings (SSSR count). The van der Waals surface area contributed by atoms with Crippen LogP contribution in [-0.2, 0) is 9.59 Å². The number of non-ortho nitro benzene ring substituents is 1. The van der Waals surface area contributed by atoms with Gasteiger partial charge in [0, 0.05) is 30.3 Å². The van der Waals surface area contributed by atoms with Gasteiger partial charge >= 0.3 is 0 Å². The summed E-state index contributed by atoms with van der Waals surface area (Å²) in [7, 11) is 1.30. The van der Waals surface area contributed by atoms with Gasteiger partial charge in [0.1, 0.15) is 23.2 Å². The molecular formula is C19H13N3O5. The van der Waals surface area contributed by atoms with Gasteiger partial charge in [0.05, 0.1) is 4.92 Å². The van der Waals surface area contributed by atoms with Gasteiger partial charge in [0.15, 0.2) is 0 Å². The van der Waals surface area contributed by atoms with Gasteiger partial charge < -0.3 is 4.42 Å². The van der Waals surface area contributed by atoms with E-state index in [1.807, 2.05) is 6.07 Å². The van der Waals surface area contributed by atoms with E-state index in [-0.39, 0.29) is 22.4 Å². The highest BCUT2D eigenvalue weighted by atomic mass is 16.6. The molecule has 8 heteroatoms. The number of furan rings is 1. The Morgan fingerprint density at radius 3 is 2.63 bits per heavy atom. The lowest BCUT2D eigenvalue weighted by atomic mass is 9.95. The molecule has 1 aromatic carbocycles. The Balaban J connectivity index is 2.02. The smallest absolute Gasteiger partial charge is 0.271 e. The quantitative estimate of drug-likeness (QED) is 0.358. The highest BCUT2D eigenvalue weighted by molar-refractivity contribution is 6.19. The first-order valence-corrected chi connectivity index (χ1v) is 7.83. The van der Waals surface area contributed by atoms with Gasteiger partial charge in [-0.25, -0.2) is 0 Å². The lowest BCUT2D eigenvalue weighted by molar-refractivity contribution is -0.384. The molecule has 2 amide bonds. The van der Waals surface area contributed by atoms with E-state index < -0.39 is 16.7 Å². The molecule has 2 aromatic rings. The first-order valence-electron chi connectivity index (χ1n) is 7.83. The monoisotopic (exact) mass is 363 g/mol. The Bertz CT molecular complexity index is 1080. The minimum atomic E-state index is -0.645. The summed E-state index contributed by atoms with van der Waals surface area (Å²) in [4.78, 5) is 35.6. The Kier molecular flexibility index (Phi) is 4.44. The molecule has 0 saturated carbocycles. The number of rotatable bonds is 3. The minimum absolute atomic E-state index is 0.0659. The van der Waals surface area contributed by atoms with E-state index in [4.69, 9.17) is 4.42 Å². The van der Waals surface area contributed by atoms with Crippen molar-refractivity contribution in [1.82, 2.24) is 4.90 Å². The Labute approximate surface area is 153 Å². The number of likely N-dealkylation sites (N-methyl/N-ethyl adjacent to an activating group) is 1. The van der Waals surface area contributed by atoms with Crippen molar-refractivity contribution in [3.8, 4) is 17.4 Å². The van der Waals surface area contributed by atoms with Crippen molar-refractivity contribution in [1.29, 1.82) is 5.26 Å². The Hall–Kier alpha value is -3.99. The van der Waals surface area contributed by atoms with Gasteiger partial charge in [-0.05, 0) is 30.7 Å². The number of nitriles is 1. The fraction of sp³-hybridized carbons (Fsp3) is 0.105. The number of hydrogen-bond donors (Lipinski definition) is 0. The topological polar surface area (TPSA) is 117 Å². The molecule has 0 radical (unpaired) electrons. The van der Waals surface area contributed by atoms with Gasteiger partial charge in [-0.2, -0.15) is 5.26 Å². The standard InChI is InChI=1S/C19H13N3O5/c1-11-15(18(23)21(2)19(24)16(11)10-20)9-14-6-7-17(27-14)12-4-3-5-13(8-12)22(25)26/h3-9H,1-2H3/b15-9-. The van der Waals surface area contributed by atoms with Crippen LogP contribution in [-0.4, -0.2) is 28.7 Å². The molecule has 1 aromatic heterocycles. The molecule has 0 unspecified atom stereocenters. The van der Waals surface area contributed by atoms with E-state index in [1.165, 1.54) is 32.2 Å². The summed E-state index contributed by atoms with van der Waals surface area (Å²) in [5, 5.41) is 20.1. The van der Waals surface area contributed by atoms with Crippen LogP contribution in [0.3, 0.4) is 0 Å². The van der Waals surface area contributed by atoms with Crippen molar-refractivity contribution < 1.29 is 18.9 Å². The molecule has 0 spiro atoms. The van der Waals surface area contributed by atoms with E-state index in [2.05, 4.69) is 0 Å². The molecule has 8 nitrogen and oxygen atoms in total. The molecule has 0 aliphatic carbocycles. The Morgan fingerprint density at radius 1 is 1.22 bits per heavy atom. The molecule has 0 fully saturated rings. The number of nitro groups is 1. The second kappa shape index (κ2) is 6.72. The number of amides is 2. The molecular weight excluding hydrogens is 350 g/mol. The molecule has 1 aliphatic heterocycles. The van der Waals surface area contributed by atoms with Crippen molar-refractivity contribution in [2.24, 2.45) is 0 Å². The zero-order chi connectivity index (χ0) is 19.7. The SMILES string of the molecule is CC1=C(C#N)C(=O)N(C)C(=O)/C1=C\c1ccc(-c2cccc([N+](=O)[O-])c2)o1. The maximum absolute atomic E-state index is 12.4. The minimum Gasteiger partial charge on any atom is -0.457 e. The number of nitro benzene ring substituents is 1. The van der Waals surface area contributed by atoms with E-state index in [9.17, 15) is 25.0 Å². The second-order valence-corrected chi connectivity index (χ2v) is 5.85. The van der Waals surface area contributed by atoms with E-state index in [0.29, 0.717) is 17.1 Å². The predicted molar refractivity (Wildman–Crippen MR) is 94.9 cm³/mol. The molecule has 27 heavy (non-hydrogen) atoms. The first-order chi connectivity index (χ1) is 12.8. The van der Waals surface area contributed by atoms with E-state index in [1.54, 1.807) is 24.3 Å². The molecule has 1 aliphatic rings. The van der Waals surface area contributed by atoms with Crippen molar-refractivity contribution in [3.63, 3.8) is 0 Å². The molecule has 0 N–H and O–H groups in total. The van der Waals surface area contributed by atoms with Crippen LogP contribution >= 0.6 is 0 Å². The summed E-state index contributed by atoms with van der Waals surface area (Å²) in [6.07, 6.45) is 1.44. The maximum atomic E-state index is 12.4. The van der Waals surface area contributed by atoms with Crippen LogP contribution < -0.4 is 0 Å². The molecule has 2 heterocycles. The number of imide groups is 1. The summed E-state index contributed by atoms with van der Waals surface area (Å²) in [5.74, 6) is -0.474. The van der Waals surface area contributed by atoms with Crippen molar-refractivity contribution >= 4 is 23.6 Å². The van der Waals surface area contributed by atoms with Crippen LogP contribution in [0.1, 0.15) is 12.7 Å². The normalized spacial score (nSPS) is 16.0. The third-order valence-electron chi connectivity index (χ3n) is 4.20. The molecule has 0 bridgehead atoms. The van der Waals surface area contributed by atoms with Gasteiger partial charge in [-0.15, -0.1) is 0 Å². The summed E-state index contributed by atoms with van der Waals surface area (Å²) in [5.41, 5.74) is 0.797. The maximum Gasteiger partial charge on any atom is 0.271 e. The summed E-state index contributed by atoms with van der Waals surface area (Å²) in [6, 6.07) is 11.0. The first kappa shape index (κ1) is 17.8. The van der Waals surface area contributed by atoms with Crippen molar-refractivity contribution in [2.45, 2.75) is 6.92 Å². The second-order valence-electron chi connectivity index (χ2n) is 5.85. The van der Waals surface area contributed by atoms with Crippen LogP contribution in [0.2, 0.25) is 0 Å². The van der Waals surface area contributed by atoms with Crippen molar-refractivity contribution in [3.05, 3.63) is 69.0 Å². The highest BCUT2D eigenvalue weighted by Gasteiger charge is 2.33. The number of benzene rings is 1. The zero-order valence-electron chi connectivity index (χ0n) is 14.4. The van der Waals surface area contributed by atoms with Crippen LogP contribution in [0.5, 0.6) is 0 Å². The molecule has 0 atom stereocenters. The number of carbonyl (C=O) groups excluding carboxylic acids is 2. The molecule has 134 valence electrons. The summed E-state index contributed by atoms with van der Waals surface area (Å²) < 4.78 is 5.67. The third-order valence-corrected chi connectivity index (χ3v) is 4.20. The third kappa shape index (κ3) is 3.14. The van der Waals surface area contributed by atoms with E-state index >= 15 is 0 Å². The van der Waals surface area contributed by atoms with Gasteiger partial charge in [-0.1, -0.05) is 12.1 Å². The van der Waals surface area contributed by atoms with Crippen molar-refractivity contribution in [2.75, 3.05) is 7.05 Å².